The molecule has 0 bridgehead atoms. The number of thioether (sulfide) groups is 1. The summed E-state index contributed by atoms with van der Waals surface area (Å²) in [6.45, 7) is 3.33. The van der Waals surface area contributed by atoms with Crippen molar-refractivity contribution < 1.29 is 4.79 Å². The minimum Gasteiger partial charge on any atom is -0.342 e. The zero-order chi connectivity index (χ0) is 25.2. The summed E-state index contributed by atoms with van der Waals surface area (Å²) in [6.07, 6.45) is 5.74. The molecule has 4 aromatic rings. The Morgan fingerprint density at radius 2 is 1.81 bits per heavy atom. The number of amides is 1. The van der Waals surface area contributed by atoms with Gasteiger partial charge in [0, 0.05) is 40.3 Å². The van der Waals surface area contributed by atoms with Crippen LogP contribution in [0, 0.1) is 0 Å². The van der Waals surface area contributed by atoms with Gasteiger partial charge in [-0.25, -0.2) is 0 Å². The first kappa shape index (κ1) is 25.1. The number of halogens is 2. The number of fused-ring (bicyclic) bond motifs is 1. The Balaban J connectivity index is 1.48. The lowest BCUT2D eigenvalue weighted by Crippen LogP contribution is -2.30. The molecule has 2 heterocycles. The fourth-order valence-electron chi connectivity index (χ4n) is 4.54. The summed E-state index contributed by atoms with van der Waals surface area (Å²) in [5, 5.41) is 2.36. The highest BCUT2D eigenvalue weighted by molar-refractivity contribution is 8.26. The van der Waals surface area contributed by atoms with Gasteiger partial charge in [-0.3, -0.25) is 9.69 Å². The highest BCUT2D eigenvalue weighted by Crippen LogP contribution is 2.36. The van der Waals surface area contributed by atoms with Gasteiger partial charge in [0.2, 0.25) is 0 Å². The predicted molar refractivity (Wildman–Crippen MR) is 157 cm³/mol. The number of rotatable bonds is 7. The van der Waals surface area contributed by atoms with Crippen molar-refractivity contribution in [3.8, 4) is 0 Å². The van der Waals surface area contributed by atoms with E-state index in [0.717, 1.165) is 34.9 Å². The number of aryl methyl sites for hydroxylation is 1. The lowest BCUT2D eigenvalue weighted by atomic mass is 10.1. The number of carbonyl (C=O) groups excluding carboxylic acids is 1. The standard InChI is InChI=1S/C29H24Cl2N2OS2/c1-2-20-9-6-10-24-22(18-32(27(20)24)17-21-11-12-23(30)16-25(21)31)15-26-28(34)33(29(35)36-26)14-13-19-7-4-3-5-8-19/h3-12,15-16,18H,2,13-14,17H2,1H3/b26-15-. The molecule has 0 atom stereocenters. The molecule has 1 aliphatic heterocycles. The van der Waals surface area contributed by atoms with Crippen molar-refractivity contribution in [2.75, 3.05) is 6.54 Å². The number of benzene rings is 3. The van der Waals surface area contributed by atoms with E-state index in [1.165, 1.54) is 22.9 Å². The van der Waals surface area contributed by atoms with Gasteiger partial charge in [-0.15, -0.1) is 0 Å². The number of hydrogen-bond donors (Lipinski definition) is 0. The van der Waals surface area contributed by atoms with Crippen LogP contribution in [0.5, 0.6) is 0 Å². The predicted octanol–water partition coefficient (Wildman–Crippen LogP) is 8.00. The lowest BCUT2D eigenvalue weighted by Gasteiger charge is -2.14. The number of thiocarbonyl (C=S) groups is 1. The van der Waals surface area contributed by atoms with Gasteiger partial charge in [-0.05, 0) is 47.7 Å². The van der Waals surface area contributed by atoms with Gasteiger partial charge >= 0.3 is 0 Å². The molecule has 182 valence electrons. The van der Waals surface area contributed by atoms with Crippen LogP contribution >= 0.6 is 47.2 Å². The molecule has 1 fully saturated rings. The van der Waals surface area contributed by atoms with E-state index >= 15 is 0 Å². The minimum atomic E-state index is -0.0331. The van der Waals surface area contributed by atoms with Crippen LogP contribution in [0.4, 0.5) is 0 Å². The molecular weight excluding hydrogens is 527 g/mol. The quantitative estimate of drug-likeness (QED) is 0.172. The number of para-hydroxylation sites is 1. The third-order valence-electron chi connectivity index (χ3n) is 6.38. The molecular formula is C29H24Cl2N2OS2. The van der Waals surface area contributed by atoms with Gasteiger partial charge in [0.05, 0.1) is 10.4 Å². The Hall–Kier alpha value is -2.57. The van der Waals surface area contributed by atoms with Crippen molar-refractivity contribution in [1.29, 1.82) is 0 Å². The fourth-order valence-corrected chi connectivity index (χ4v) is 6.31. The van der Waals surface area contributed by atoms with Crippen molar-refractivity contribution in [3.05, 3.63) is 110 Å². The van der Waals surface area contributed by atoms with Crippen LogP contribution in [-0.2, 0) is 24.2 Å². The molecule has 36 heavy (non-hydrogen) atoms. The maximum atomic E-state index is 13.3. The lowest BCUT2D eigenvalue weighted by molar-refractivity contribution is -0.122. The Bertz CT molecular complexity index is 1490. The summed E-state index contributed by atoms with van der Waals surface area (Å²) in [6, 6.07) is 22.1. The molecule has 1 aromatic heterocycles. The van der Waals surface area contributed by atoms with E-state index in [1.54, 1.807) is 11.0 Å². The van der Waals surface area contributed by atoms with Crippen molar-refractivity contribution >= 4 is 74.4 Å². The first-order chi connectivity index (χ1) is 17.4. The van der Waals surface area contributed by atoms with Crippen LogP contribution in [0.2, 0.25) is 10.0 Å². The van der Waals surface area contributed by atoms with E-state index in [1.807, 2.05) is 36.4 Å². The number of hydrogen-bond acceptors (Lipinski definition) is 3. The topological polar surface area (TPSA) is 25.2 Å². The van der Waals surface area contributed by atoms with Crippen molar-refractivity contribution in [1.82, 2.24) is 9.47 Å². The number of carbonyl (C=O) groups is 1. The average Bonchev–Trinajstić information content (AvgIpc) is 3.36. The molecule has 0 aliphatic carbocycles. The summed E-state index contributed by atoms with van der Waals surface area (Å²) in [5.74, 6) is -0.0331. The van der Waals surface area contributed by atoms with E-state index in [-0.39, 0.29) is 5.91 Å². The molecule has 1 aliphatic rings. The van der Waals surface area contributed by atoms with Gasteiger partial charge < -0.3 is 4.57 Å². The van der Waals surface area contributed by atoms with Gasteiger partial charge in [-0.1, -0.05) is 109 Å². The first-order valence-electron chi connectivity index (χ1n) is 11.8. The Kier molecular flexibility index (Phi) is 7.54. The second kappa shape index (κ2) is 10.8. The highest BCUT2D eigenvalue weighted by Gasteiger charge is 2.32. The Morgan fingerprint density at radius 1 is 1.00 bits per heavy atom. The van der Waals surface area contributed by atoms with Gasteiger partial charge in [0.1, 0.15) is 4.32 Å². The summed E-state index contributed by atoms with van der Waals surface area (Å²) in [4.78, 5) is 15.7. The van der Waals surface area contributed by atoms with Crippen LogP contribution in [0.3, 0.4) is 0 Å². The normalized spacial score (nSPS) is 15.0. The molecule has 3 nitrogen and oxygen atoms in total. The molecule has 0 N–H and O–H groups in total. The van der Waals surface area contributed by atoms with E-state index < -0.39 is 0 Å². The second-order valence-corrected chi connectivity index (χ2v) is 11.2. The van der Waals surface area contributed by atoms with Crippen LogP contribution in [0.15, 0.2) is 77.8 Å². The van der Waals surface area contributed by atoms with Gasteiger partial charge in [0.25, 0.3) is 5.91 Å². The number of aromatic nitrogens is 1. The van der Waals surface area contributed by atoms with Crippen LogP contribution in [0.25, 0.3) is 17.0 Å². The molecule has 1 saturated heterocycles. The molecule has 0 saturated carbocycles. The molecule has 1 amide bonds. The summed E-state index contributed by atoms with van der Waals surface area (Å²) < 4.78 is 2.82. The molecule has 3 aromatic carbocycles. The molecule has 7 heteroatoms. The molecule has 0 unspecified atom stereocenters. The summed E-state index contributed by atoms with van der Waals surface area (Å²) in [7, 11) is 0. The fraction of sp³-hybridized carbons (Fsp3) is 0.172. The van der Waals surface area contributed by atoms with Crippen molar-refractivity contribution in [2.45, 2.75) is 26.3 Å². The van der Waals surface area contributed by atoms with Crippen LogP contribution in [-0.4, -0.2) is 26.2 Å². The zero-order valence-corrected chi connectivity index (χ0v) is 22.9. The smallest absolute Gasteiger partial charge is 0.266 e. The van der Waals surface area contributed by atoms with E-state index in [2.05, 4.69) is 48.0 Å². The van der Waals surface area contributed by atoms with Crippen LogP contribution in [0.1, 0.15) is 29.2 Å². The average molecular weight is 552 g/mol. The molecule has 5 rings (SSSR count). The molecule has 0 radical (unpaired) electrons. The van der Waals surface area contributed by atoms with Crippen LogP contribution < -0.4 is 0 Å². The Labute approximate surface area is 230 Å². The van der Waals surface area contributed by atoms with E-state index in [0.29, 0.717) is 32.4 Å². The van der Waals surface area contributed by atoms with E-state index in [9.17, 15) is 4.79 Å². The van der Waals surface area contributed by atoms with Gasteiger partial charge in [0.15, 0.2) is 0 Å². The summed E-state index contributed by atoms with van der Waals surface area (Å²) >= 11 is 19.6. The third kappa shape index (κ3) is 5.12. The maximum absolute atomic E-state index is 13.3. The van der Waals surface area contributed by atoms with E-state index in [4.69, 9.17) is 35.4 Å². The van der Waals surface area contributed by atoms with Crippen molar-refractivity contribution in [2.24, 2.45) is 0 Å². The second-order valence-electron chi connectivity index (χ2n) is 8.68. The van der Waals surface area contributed by atoms with Gasteiger partial charge in [-0.2, -0.15) is 0 Å². The minimum absolute atomic E-state index is 0.0331. The number of nitrogens with zero attached hydrogens (tertiary/aromatic N) is 2. The largest absolute Gasteiger partial charge is 0.342 e. The zero-order valence-electron chi connectivity index (χ0n) is 19.7. The first-order valence-corrected chi connectivity index (χ1v) is 13.8. The van der Waals surface area contributed by atoms with Crippen molar-refractivity contribution in [3.63, 3.8) is 0 Å². The Morgan fingerprint density at radius 3 is 2.56 bits per heavy atom. The third-order valence-corrected chi connectivity index (χ3v) is 8.34. The maximum Gasteiger partial charge on any atom is 0.266 e. The highest BCUT2D eigenvalue weighted by atomic mass is 35.5. The SMILES string of the molecule is CCc1cccc2c(/C=C3\SC(=S)N(CCc4ccccc4)C3=O)cn(Cc3ccc(Cl)cc3Cl)c12. The monoisotopic (exact) mass is 550 g/mol. The molecule has 0 spiro atoms. The summed E-state index contributed by atoms with van der Waals surface area (Å²) in [5.41, 5.74) is 5.56.